The average molecular weight is 499 g/mol. The average Bonchev–Trinajstić information content (AvgIpc) is 3.34. The van der Waals surface area contributed by atoms with E-state index in [9.17, 15) is 22.4 Å². The molecule has 1 saturated carbocycles. The van der Waals surface area contributed by atoms with E-state index in [1.807, 2.05) is 23.7 Å². The summed E-state index contributed by atoms with van der Waals surface area (Å²) < 4.78 is 53.7. The zero-order valence-electron chi connectivity index (χ0n) is 18.6. The van der Waals surface area contributed by atoms with Crippen molar-refractivity contribution in [1.82, 2.24) is 4.98 Å². The largest absolute Gasteiger partial charge is 0.416 e. The van der Waals surface area contributed by atoms with Crippen molar-refractivity contribution in [2.45, 2.75) is 37.8 Å². The molecule has 0 aliphatic heterocycles. The number of amides is 1. The van der Waals surface area contributed by atoms with Crippen molar-refractivity contribution in [3.63, 3.8) is 0 Å². The van der Waals surface area contributed by atoms with E-state index in [0.717, 1.165) is 51.9 Å². The minimum Gasteiger partial charge on any atom is -0.323 e. The van der Waals surface area contributed by atoms with Crippen molar-refractivity contribution < 1.29 is 22.4 Å². The van der Waals surface area contributed by atoms with E-state index in [1.54, 1.807) is 11.3 Å². The molecule has 0 saturated heterocycles. The van der Waals surface area contributed by atoms with Gasteiger partial charge in [-0.3, -0.25) is 9.78 Å². The van der Waals surface area contributed by atoms with Gasteiger partial charge in [-0.25, -0.2) is 4.39 Å². The van der Waals surface area contributed by atoms with Gasteiger partial charge in [-0.1, -0.05) is 30.7 Å². The molecule has 2 aromatic carbocycles. The summed E-state index contributed by atoms with van der Waals surface area (Å²) >= 11 is 1.66. The van der Waals surface area contributed by atoms with Gasteiger partial charge in [0.05, 0.1) is 21.5 Å². The minimum atomic E-state index is -4.64. The molecule has 3 nitrogen and oxygen atoms in total. The number of nitrogens with zero attached hydrogens (tertiary/aromatic N) is 1. The van der Waals surface area contributed by atoms with Crippen LogP contribution in [0.15, 0.2) is 66.2 Å². The predicted molar refractivity (Wildman–Crippen MR) is 130 cm³/mol. The fourth-order valence-corrected chi connectivity index (χ4v) is 5.68. The number of nitrogens with one attached hydrogen (secondary N) is 1. The van der Waals surface area contributed by atoms with Gasteiger partial charge >= 0.3 is 6.18 Å². The van der Waals surface area contributed by atoms with Crippen LogP contribution in [0.25, 0.3) is 21.3 Å². The lowest BCUT2D eigenvalue weighted by Crippen LogP contribution is -2.28. The minimum absolute atomic E-state index is 0.185. The van der Waals surface area contributed by atoms with Gasteiger partial charge in [0.25, 0.3) is 0 Å². The fraction of sp³-hybridized carbons (Fsp3) is 0.259. The Hall–Kier alpha value is -3.26. The van der Waals surface area contributed by atoms with E-state index in [-0.39, 0.29) is 23.4 Å². The molecular weight excluding hydrogens is 476 g/mol. The maximum atomic E-state index is 14.2. The third kappa shape index (κ3) is 4.93. The normalized spacial score (nSPS) is 18.5. The topological polar surface area (TPSA) is 42.0 Å². The van der Waals surface area contributed by atoms with E-state index in [2.05, 4.69) is 34.6 Å². The highest BCUT2D eigenvalue weighted by Gasteiger charge is 2.32. The quantitative estimate of drug-likeness (QED) is 0.289. The van der Waals surface area contributed by atoms with Crippen LogP contribution in [0.5, 0.6) is 0 Å². The summed E-state index contributed by atoms with van der Waals surface area (Å²) in [5, 5.41) is 4.52. The molecule has 2 unspecified atom stereocenters. The van der Waals surface area contributed by atoms with Crippen molar-refractivity contribution in [2.75, 3.05) is 5.32 Å². The van der Waals surface area contributed by atoms with E-state index in [4.69, 9.17) is 0 Å². The van der Waals surface area contributed by atoms with Gasteiger partial charge in [-0.15, -0.1) is 11.3 Å². The number of aromatic nitrogens is 1. The van der Waals surface area contributed by atoms with E-state index < -0.39 is 17.6 Å². The third-order valence-corrected chi connectivity index (χ3v) is 7.57. The van der Waals surface area contributed by atoms with Crippen molar-refractivity contribution >= 4 is 33.1 Å². The summed E-state index contributed by atoms with van der Waals surface area (Å²) in [6.07, 6.45) is 0.237. The van der Waals surface area contributed by atoms with E-state index in [0.29, 0.717) is 18.9 Å². The molecule has 2 aromatic heterocycles. The number of carbonyl (C=O) groups is 1. The van der Waals surface area contributed by atoms with Crippen LogP contribution in [0.1, 0.15) is 42.7 Å². The Morgan fingerprint density at radius 3 is 2.57 bits per heavy atom. The Morgan fingerprint density at radius 1 is 1.03 bits per heavy atom. The lowest BCUT2D eigenvalue weighted by atomic mass is 9.77. The number of thiophene rings is 1. The van der Waals surface area contributed by atoms with Gasteiger partial charge in [-0.2, -0.15) is 13.2 Å². The smallest absolute Gasteiger partial charge is 0.323 e. The summed E-state index contributed by atoms with van der Waals surface area (Å²) in [6.45, 7) is 0. The number of hydrogen-bond acceptors (Lipinski definition) is 3. The van der Waals surface area contributed by atoms with Gasteiger partial charge in [0.15, 0.2) is 0 Å². The van der Waals surface area contributed by atoms with Gasteiger partial charge in [0.1, 0.15) is 5.82 Å². The predicted octanol–water partition coefficient (Wildman–Crippen LogP) is 8.03. The molecule has 4 aromatic rings. The molecule has 0 spiro atoms. The lowest BCUT2D eigenvalue weighted by Gasteiger charge is -2.29. The molecule has 0 radical (unpaired) electrons. The molecule has 1 aliphatic carbocycles. The number of carbonyl (C=O) groups excluding carboxylic acids is 1. The fourth-order valence-electron chi connectivity index (χ4n) is 4.79. The molecule has 1 fully saturated rings. The Labute approximate surface area is 203 Å². The Morgan fingerprint density at radius 2 is 1.83 bits per heavy atom. The first-order valence-corrected chi connectivity index (χ1v) is 12.3. The van der Waals surface area contributed by atoms with Crippen LogP contribution < -0.4 is 5.32 Å². The zero-order chi connectivity index (χ0) is 24.6. The first-order chi connectivity index (χ1) is 16.8. The van der Waals surface area contributed by atoms with Crippen molar-refractivity contribution in [3.8, 4) is 11.1 Å². The highest BCUT2D eigenvalue weighted by Crippen LogP contribution is 2.39. The Bertz CT molecular complexity index is 1360. The molecule has 1 aliphatic rings. The van der Waals surface area contributed by atoms with Gasteiger partial charge in [-0.05, 0) is 72.0 Å². The number of fused-ring (bicyclic) bond motifs is 1. The van der Waals surface area contributed by atoms with E-state index in [1.165, 1.54) is 0 Å². The number of anilines is 1. The second kappa shape index (κ2) is 9.41. The molecule has 8 heteroatoms. The summed E-state index contributed by atoms with van der Waals surface area (Å²) in [4.78, 5) is 17.2. The first kappa shape index (κ1) is 23.5. The molecule has 0 bridgehead atoms. The number of rotatable bonds is 4. The van der Waals surface area contributed by atoms with Crippen molar-refractivity contribution in [1.29, 1.82) is 0 Å². The molecule has 1 N–H and O–H groups in total. The van der Waals surface area contributed by atoms with Crippen LogP contribution in [-0.4, -0.2) is 10.9 Å². The molecule has 2 heterocycles. The highest BCUT2D eigenvalue weighted by molar-refractivity contribution is 7.17. The number of alkyl halides is 3. The van der Waals surface area contributed by atoms with Crippen LogP contribution in [0.3, 0.4) is 0 Å². The maximum absolute atomic E-state index is 14.2. The van der Waals surface area contributed by atoms with Crippen LogP contribution in [-0.2, 0) is 11.0 Å². The van der Waals surface area contributed by atoms with Gasteiger partial charge in [0.2, 0.25) is 5.91 Å². The molecule has 180 valence electrons. The van der Waals surface area contributed by atoms with Crippen molar-refractivity contribution in [3.05, 3.63) is 83.1 Å². The summed E-state index contributed by atoms with van der Waals surface area (Å²) in [5.41, 5.74) is 3.04. The highest BCUT2D eigenvalue weighted by atomic mass is 32.1. The number of hydrogen-bond donors (Lipinski definition) is 1. The van der Waals surface area contributed by atoms with Gasteiger partial charge < -0.3 is 5.32 Å². The Kier molecular flexibility index (Phi) is 6.32. The summed E-state index contributed by atoms with van der Waals surface area (Å²) in [7, 11) is 0. The second-order valence-corrected chi connectivity index (χ2v) is 9.77. The van der Waals surface area contributed by atoms with Crippen LogP contribution in [0, 0.1) is 11.7 Å². The first-order valence-electron chi connectivity index (χ1n) is 11.4. The molecule has 1 amide bonds. The number of pyridine rings is 1. The SMILES string of the molecule is O=C(Nc1ccc(C(F)(F)F)cc1F)C1CCCC(c2ccc(-c3ccnc4ccsc34)cc2)C1. The Balaban J connectivity index is 1.28. The summed E-state index contributed by atoms with van der Waals surface area (Å²) in [6, 6.07) is 14.5. The third-order valence-electron chi connectivity index (χ3n) is 6.64. The van der Waals surface area contributed by atoms with Crippen molar-refractivity contribution in [2.24, 2.45) is 5.92 Å². The second-order valence-electron chi connectivity index (χ2n) is 8.86. The molecular formula is C27H22F4N2OS. The van der Waals surface area contributed by atoms with Gasteiger partial charge in [0, 0.05) is 17.7 Å². The molecule has 2 atom stereocenters. The standard InChI is InChI=1S/C27H22F4N2OS/c28-22-15-20(27(29,30)31)8-9-23(22)33-26(34)19-3-1-2-18(14-19)16-4-6-17(7-5-16)21-10-12-32-24-11-13-35-25(21)24/h4-13,15,18-19H,1-3,14H2,(H,33,34). The van der Waals surface area contributed by atoms with Crippen LogP contribution in [0.4, 0.5) is 23.2 Å². The van der Waals surface area contributed by atoms with E-state index >= 15 is 0 Å². The lowest BCUT2D eigenvalue weighted by molar-refractivity contribution is -0.137. The number of halogens is 4. The monoisotopic (exact) mass is 498 g/mol. The maximum Gasteiger partial charge on any atom is 0.416 e. The summed E-state index contributed by atoms with van der Waals surface area (Å²) in [5.74, 6) is -1.60. The van der Waals surface area contributed by atoms with Crippen LogP contribution >= 0.6 is 11.3 Å². The van der Waals surface area contributed by atoms with Crippen LogP contribution in [0.2, 0.25) is 0 Å². The molecule has 5 rings (SSSR count). The zero-order valence-corrected chi connectivity index (χ0v) is 19.4. The molecule has 35 heavy (non-hydrogen) atoms. The number of benzene rings is 2.